The molecule has 0 amide bonds. The van der Waals surface area contributed by atoms with Gasteiger partial charge in [0.15, 0.2) is 0 Å². The third-order valence-electron chi connectivity index (χ3n) is 3.74. The van der Waals surface area contributed by atoms with E-state index in [1.165, 1.54) is 0 Å². The molecule has 0 atom stereocenters. The van der Waals surface area contributed by atoms with Crippen molar-refractivity contribution in [3.63, 3.8) is 0 Å². The molecule has 3 rings (SSSR count). The molecule has 0 aliphatic heterocycles. The molecule has 0 bridgehead atoms. The normalized spacial score (nSPS) is 17.2. The summed E-state index contributed by atoms with van der Waals surface area (Å²) in [7, 11) is 3.62. The summed E-state index contributed by atoms with van der Waals surface area (Å²) in [5.74, 6) is 0.826. The number of rotatable bonds is 3. The molecular formula is C13H16N4OS. The number of aryl methyl sites for hydroxylation is 1. The lowest BCUT2D eigenvalue weighted by molar-refractivity contribution is -0.0846. The highest BCUT2D eigenvalue weighted by molar-refractivity contribution is 7.71. The molecule has 0 aromatic carbocycles. The first-order valence-electron chi connectivity index (χ1n) is 6.29. The summed E-state index contributed by atoms with van der Waals surface area (Å²) in [5.41, 5.74) is 1.65. The third-order valence-corrected chi connectivity index (χ3v) is 3.95. The number of aromatic amines is 1. The van der Waals surface area contributed by atoms with Crippen LogP contribution in [0, 0.1) is 4.64 Å². The number of nitrogens with one attached hydrogen (secondary N) is 1. The summed E-state index contributed by atoms with van der Waals surface area (Å²) < 4.78 is 8.00. The van der Waals surface area contributed by atoms with Crippen LogP contribution >= 0.6 is 12.2 Å². The zero-order valence-electron chi connectivity index (χ0n) is 11.0. The maximum absolute atomic E-state index is 5.65. The van der Waals surface area contributed by atoms with Gasteiger partial charge in [-0.1, -0.05) is 12.2 Å². The Hall–Kier alpha value is -1.53. The van der Waals surface area contributed by atoms with Crippen molar-refractivity contribution in [2.24, 2.45) is 7.05 Å². The molecule has 1 aliphatic rings. The first-order valence-corrected chi connectivity index (χ1v) is 6.70. The number of methoxy groups -OCH3 is 1. The largest absolute Gasteiger partial charge is 0.370 e. The van der Waals surface area contributed by atoms with E-state index in [9.17, 15) is 0 Å². The Morgan fingerprint density at radius 1 is 1.47 bits per heavy atom. The topological polar surface area (TPSA) is 55.7 Å². The number of hydrogen-bond acceptors (Lipinski definition) is 4. The van der Waals surface area contributed by atoms with E-state index < -0.39 is 0 Å². The van der Waals surface area contributed by atoms with Crippen LogP contribution in [-0.2, 0) is 17.4 Å². The van der Waals surface area contributed by atoms with Gasteiger partial charge in [0, 0.05) is 25.9 Å². The van der Waals surface area contributed by atoms with Crippen molar-refractivity contribution in [2.45, 2.75) is 24.9 Å². The highest BCUT2D eigenvalue weighted by Crippen LogP contribution is 2.42. The van der Waals surface area contributed by atoms with Crippen molar-refractivity contribution in [1.29, 1.82) is 0 Å². The number of hydrogen-bond donors (Lipinski definition) is 1. The average Bonchev–Trinajstić information content (AvgIpc) is 2.75. The molecule has 1 aliphatic carbocycles. The Bertz CT molecular complexity index is 651. The second-order valence-electron chi connectivity index (χ2n) is 4.94. The minimum absolute atomic E-state index is 0.286. The molecule has 2 heterocycles. The number of nitrogens with zero attached hydrogens (tertiary/aromatic N) is 3. The van der Waals surface area contributed by atoms with Gasteiger partial charge in [-0.05, 0) is 25.3 Å². The predicted molar refractivity (Wildman–Crippen MR) is 74.2 cm³/mol. The van der Waals surface area contributed by atoms with E-state index in [4.69, 9.17) is 17.0 Å². The number of H-pyrrole nitrogens is 1. The Labute approximate surface area is 116 Å². The van der Waals surface area contributed by atoms with E-state index >= 15 is 0 Å². The van der Waals surface area contributed by atoms with Gasteiger partial charge < -0.3 is 9.72 Å². The standard InChI is InChI=1S/C13H16N4OS/c1-17-8-9(7-14-17)10-6-11(19)16-12(15-10)13(18-2)4-3-5-13/h6-8H,3-5H2,1-2H3,(H,15,16,19). The van der Waals surface area contributed by atoms with Crippen LogP contribution < -0.4 is 0 Å². The second kappa shape index (κ2) is 4.54. The van der Waals surface area contributed by atoms with Gasteiger partial charge in [0.25, 0.3) is 0 Å². The lowest BCUT2D eigenvalue weighted by atomic mass is 9.79. The zero-order valence-corrected chi connectivity index (χ0v) is 11.8. The van der Waals surface area contributed by atoms with Gasteiger partial charge in [0.2, 0.25) is 0 Å². The highest BCUT2D eigenvalue weighted by atomic mass is 32.1. The van der Waals surface area contributed by atoms with Crippen molar-refractivity contribution in [3.05, 3.63) is 28.9 Å². The highest BCUT2D eigenvalue weighted by Gasteiger charge is 2.41. The summed E-state index contributed by atoms with van der Waals surface area (Å²) in [6, 6.07) is 1.86. The smallest absolute Gasteiger partial charge is 0.140 e. The summed E-state index contributed by atoms with van der Waals surface area (Å²) in [5, 5.41) is 4.18. The van der Waals surface area contributed by atoms with Gasteiger partial charge in [0.1, 0.15) is 16.1 Å². The fraction of sp³-hybridized carbons (Fsp3) is 0.462. The zero-order chi connectivity index (χ0) is 13.5. The van der Waals surface area contributed by atoms with Crippen molar-refractivity contribution < 1.29 is 4.74 Å². The summed E-state index contributed by atoms with van der Waals surface area (Å²) in [6.07, 6.45) is 6.89. The fourth-order valence-electron chi connectivity index (χ4n) is 2.42. The van der Waals surface area contributed by atoms with Gasteiger partial charge >= 0.3 is 0 Å². The molecule has 0 spiro atoms. The first-order chi connectivity index (χ1) is 9.13. The predicted octanol–water partition coefficient (Wildman–Crippen LogP) is 2.57. The van der Waals surface area contributed by atoms with Crippen LogP contribution in [0.15, 0.2) is 18.5 Å². The van der Waals surface area contributed by atoms with Gasteiger partial charge in [-0.25, -0.2) is 4.98 Å². The molecule has 1 fully saturated rings. The van der Waals surface area contributed by atoms with Gasteiger partial charge in [-0.3, -0.25) is 4.68 Å². The molecule has 6 heteroatoms. The van der Waals surface area contributed by atoms with E-state index in [-0.39, 0.29) is 5.60 Å². The molecular weight excluding hydrogens is 260 g/mol. The number of aromatic nitrogens is 4. The SMILES string of the molecule is COC1(c2nc(=S)cc(-c3cnn(C)c3)[nH]2)CCC1. The maximum atomic E-state index is 5.65. The molecule has 2 aromatic heterocycles. The average molecular weight is 276 g/mol. The van der Waals surface area contributed by atoms with Crippen LogP contribution in [-0.4, -0.2) is 26.9 Å². The van der Waals surface area contributed by atoms with Crippen LogP contribution in [0.4, 0.5) is 0 Å². The Morgan fingerprint density at radius 3 is 2.79 bits per heavy atom. The van der Waals surface area contributed by atoms with Crippen molar-refractivity contribution in [2.75, 3.05) is 7.11 Å². The van der Waals surface area contributed by atoms with E-state index in [2.05, 4.69) is 15.1 Å². The molecule has 19 heavy (non-hydrogen) atoms. The lowest BCUT2D eigenvalue weighted by Crippen LogP contribution is -2.38. The van der Waals surface area contributed by atoms with Crippen molar-refractivity contribution in [1.82, 2.24) is 19.7 Å². The van der Waals surface area contributed by atoms with E-state index in [0.29, 0.717) is 4.64 Å². The third kappa shape index (κ3) is 2.11. The maximum Gasteiger partial charge on any atom is 0.140 e. The fourth-order valence-corrected chi connectivity index (χ4v) is 2.63. The van der Waals surface area contributed by atoms with E-state index in [1.54, 1.807) is 11.8 Å². The molecule has 1 saturated carbocycles. The lowest BCUT2D eigenvalue weighted by Gasteiger charge is -2.39. The van der Waals surface area contributed by atoms with Crippen LogP contribution in [0.3, 0.4) is 0 Å². The molecule has 0 saturated heterocycles. The summed E-state index contributed by atoms with van der Waals surface area (Å²) >= 11 is 5.27. The number of ether oxygens (including phenoxy) is 1. The monoisotopic (exact) mass is 276 g/mol. The molecule has 100 valence electrons. The van der Waals surface area contributed by atoms with Crippen LogP contribution in [0.25, 0.3) is 11.3 Å². The van der Waals surface area contributed by atoms with Crippen molar-refractivity contribution >= 4 is 12.2 Å². The summed E-state index contributed by atoms with van der Waals surface area (Å²) in [6.45, 7) is 0. The molecule has 2 aromatic rings. The van der Waals surface area contributed by atoms with Crippen LogP contribution in [0.1, 0.15) is 25.1 Å². The minimum Gasteiger partial charge on any atom is -0.370 e. The van der Waals surface area contributed by atoms with Gasteiger partial charge in [-0.2, -0.15) is 5.10 Å². The van der Waals surface area contributed by atoms with E-state index in [1.807, 2.05) is 25.5 Å². The molecule has 0 unspecified atom stereocenters. The van der Waals surface area contributed by atoms with Crippen LogP contribution in [0.5, 0.6) is 0 Å². The molecule has 1 N–H and O–H groups in total. The van der Waals surface area contributed by atoms with Crippen molar-refractivity contribution in [3.8, 4) is 11.3 Å². The molecule has 0 radical (unpaired) electrons. The Morgan fingerprint density at radius 2 is 2.26 bits per heavy atom. The second-order valence-corrected chi connectivity index (χ2v) is 5.35. The first kappa shape index (κ1) is 12.5. The van der Waals surface area contributed by atoms with E-state index in [0.717, 1.165) is 36.3 Å². The quantitative estimate of drug-likeness (QED) is 0.875. The van der Waals surface area contributed by atoms with Gasteiger partial charge in [0.05, 0.1) is 11.9 Å². The molecule has 5 nitrogen and oxygen atoms in total. The van der Waals surface area contributed by atoms with Crippen LogP contribution in [0.2, 0.25) is 0 Å². The Balaban J connectivity index is 2.08. The Kier molecular flexibility index (Phi) is 2.99. The summed E-state index contributed by atoms with van der Waals surface area (Å²) in [4.78, 5) is 7.79. The minimum atomic E-state index is -0.286. The van der Waals surface area contributed by atoms with Gasteiger partial charge in [-0.15, -0.1) is 0 Å².